The van der Waals surface area contributed by atoms with Crippen molar-refractivity contribution < 1.29 is 0 Å². The van der Waals surface area contributed by atoms with Gasteiger partial charge in [-0.15, -0.1) is 0 Å². The van der Waals surface area contributed by atoms with Crippen LogP contribution in [-0.4, -0.2) is 6.71 Å². The molecule has 2 aliphatic heterocycles. The maximum absolute atomic E-state index is 2.58. The number of para-hydroxylation sites is 2. The number of rotatable bonds is 2. The quantitative estimate of drug-likeness (QED) is 0.243. The van der Waals surface area contributed by atoms with Gasteiger partial charge < -0.3 is 9.80 Å². The van der Waals surface area contributed by atoms with Gasteiger partial charge in [0.05, 0.1) is 0 Å². The molecule has 2 nitrogen and oxygen atoms in total. The predicted octanol–water partition coefficient (Wildman–Crippen LogP) is 6.75. The molecule has 2 aliphatic carbocycles. The summed E-state index contributed by atoms with van der Waals surface area (Å²) >= 11 is 0. The van der Waals surface area contributed by atoms with Crippen molar-refractivity contribution in [3.05, 3.63) is 125 Å². The first kappa shape index (κ1) is 21.7. The number of aryl methyl sites for hydroxylation is 4. The molecular weight excluding hydrogens is 471 g/mol. The SMILES string of the molecule is c1ccc(N2c3cc4c(cc3B3c5cc6c(cc5N(c5ccccc5)c5cccc2c53)CCC6)CCC4)cc1. The van der Waals surface area contributed by atoms with Gasteiger partial charge in [0.25, 0.3) is 6.71 Å². The third-order valence-corrected chi connectivity index (χ3v) is 9.45. The third kappa shape index (κ3) is 3.05. The smallest absolute Gasteiger partial charge is 0.252 e. The molecule has 0 saturated carbocycles. The van der Waals surface area contributed by atoms with Crippen molar-refractivity contribution in [2.75, 3.05) is 9.80 Å². The van der Waals surface area contributed by atoms with Crippen molar-refractivity contribution in [1.82, 2.24) is 0 Å². The monoisotopic (exact) mass is 500 g/mol. The lowest BCUT2D eigenvalue weighted by Gasteiger charge is -2.44. The highest BCUT2D eigenvalue weighted by molar-refractivity contribution is 7.00. The average molecular weight is 500 g/mol. The van der Waals surface area contributed by atoms with Crippen LogP contribution in [0.3, 0.4) is 0 Å². The molecule has 186 valence electrons. The van der Waals surface area contributed by atoms with Crippen LogP contribution in [0, 0.1) is 0 Å². The fraction of sp³-hybridized carbons (Fsp3) is 0.167. The largest absolute Gasteiger partial charge is 0.311 e. The summed E-state index contributed by atoms with van der Waals surface area (Å²) in [5.41, 5.74) is 18.3. The van der Waals surface area contributed by atoms with E-state index in [-0.39, 0.29) is 6.71 Å². The Hall–Kier alpha value is -4.24. The molecule has 0 fully saturated rings. The Bertz CT molecular complexity index is 1650. The second-order valence-electron chi connectivity index (χ2n) is 11.6. The lowest BCUT2D eigenvalue weighted by Crippen LogP contribution is -2.61. The van der Waals surface area contributed by atoms with Crippen molar-refractivity contribution in [1.29, 1.82) is 0 Å². The van der Waals surface area contributed by atoms with Crippen molar-refractivity contribution in [2.45, 2.75) is 38.5 Å². The van der Waals surface area contributed by atoms with E-state index in [9.17, 15) is 0 Å². The summed E-state index contributed by atoms with van der Waals surface area (Å²) in [7, 11) is 0. The van der Waals surface area contributed by atoms with E-state index < -0.39 is 0 Å². The second kappa shape index (κ2) is 8.13. The van der Waals surface area contributed by atoms with Gasteiger partial charge in [0, 0.05) is 34.1 Å². The van der Waals surface area contributed by atoms with Crippen LogP contribution >= 0.6 is 0 Å². The molecule has 0 atom stereocenters. The number of anilines is 6. The third-order valence-electron chi connectivity index (χ3n) is 9.45. The van der Waals surface area contributed by atoms with Gasteiger partial charge in [0.2, 0.25) is 0 Å². The van der Waals surface area contributed by atoms with Gasteiger partial charge in [0.1, 0.15) is 0 Å². The molecule has 9 rings (SSSR count). The summed E-state index contributed by atoms with van der Waals surface area (Å²) in [5, 5.41) is 0. The van der Waals surface area contributed by atoms with Crippen LogP contribution in [0.2, 0.25) is 0 Å². The molecular formula is C36H29BN2. The van der Waals surface area contributed by atoms with Crippen LogP contribution < -0.4 is 26.2 Å². The number of nitrogens with zero attached hydrogens (tertiary/aromatic N) is 2. The zero-order valence-corrected chi connectivity index (χ0v) is 22.0. The van der Waals surface area contributed by atoms with Gasteiger partial charge in [-0.05, 0) is 126 Å². The molecule has 0 aromatic heterocycles. The van der Waals surface area contributed by atoms with Gasteiger partial charge in [-0.25, -0.2) is 0 Å². The van der Waals surface area contributed by atoms with E-state index >= 15 is 0 Å². The molecule has 2 heterocycles. The summed E-state index contributed by atoms with van der Waals surface area (Å²) < 4.78 is 0. The molecule has 5 aromatic carbocycles. The molecule has 0 spiro atoms. The Morgan fingerprint density at radius 1 is 0.436 bits per heavy atom. The van der Waals surface area contributed by atoms with E-state index in [1.165, 1.54) is 100 Å². The van der Waals surface area contributed by atoms with E-state index in [2.05, 4.69) is 113 Å². The molecule has 4 aliphatic rings. The summed E-state index contributed by atoms with van der Waals surface area (Å²) in [4.78, 5) is 5.07. The van der Waals surface area contributed by atoms with Crippen molar-refractivity contribution in [3.8, 4) is 0 Å². The first-order valence-corrected chi connectivity index (χ1v) is 14.5. The molecule has 0 bridgehead atoms. The summed E-state index contributed by atoms with van der Waals surface area (Å²) in [6, 6.07) is 39.1. The summed E-state index contributed by atoms with van der Waals surface area (Å²) in [5.74, 6) is 0. The maximum atomic E-state index is 2.58. The minimum Gasteiger partial charge on any atom is -0.311 e. The fourth-order valence-electron chi connectivity index (χ4n) is 7.79. The number of hydrogen-bond acceptors (Lipinski definition) is 2. The van der Waals surface area contributed by atoms with Crippen LogP contribution in [0.4, 0.5) is 34.1 Å². The summed E-state index contributed by atoms with van der Waals surface area (Å²) in [6.07, 6.45) is 7.30. The highest BCUT2D eigenvalue weighted by atomic mass is 15.2. The van der Waals surface area contributed by atoms with Crippen LogP contribution in [0.15, 0.2) is 103 Å². The molecule has 5 aromatic rings. The Kier molecular flexibility index (Phi) is 4.52. The molecule has 39 heavy (non-hydrogen) atoms. The Morgan fingerprint density at radius 3 is 1.33 bits per heavy atom. The minimum atomic E-state index is 0.234. The molecule has 0 saturated heterocycles. The topological polar surface area (TPSA) is 6.48 Å². The van der Waals surface area contributed by atoms with E-state index in [0.717, 1.165) is 0 Å². The van der Waals surface area contributed by atoms with Gasteiger partial charge in [-0.3, -0.25) is 0 Å². The van der Waals surface area contributed by atoms with E-state index in [1.807, 2.05) is 0 Å². The zero-order valence-electron chi connectivity index (χ0n) is 22.0. The molecule has 0 radical (unpaired) electrons. The average Bonchev–Trinajstić information content (AvgIpc) is 3.65. The number of benzene rings is 5. The maximum Gasteiger partial charge on any atom is 0.252 e. The minimum absolute atomic E-state index is 0.234. The second-order valence-corrected chi connectivity index (χ2v) is 11.6. The Balaban J connectivity index is 1.40. The summed E-state index contributed by atoms with van der Waals surface area (Å²) in [6.45, 7) is 0.234. The van der Waals surface area contributed by atoms with Crippen LogP contribution in [0.5, 0.6) is 0 Å². The molecule has 3 heteroatoms. The first-order chi connectivity index (χ1) is 19.3. The van der Waals surface area contributed by atoms with E-state index in [1.54, 1.807) is 11.1 Å². The fourth-order valence-corrected chi connectivity index (χ4v) is 7.79. The van der Waals surface area contributed by atoms with Gasteiger partial charge in [-0.2, -0.15) is 0 Å². The number of fused-ring (bicyclic) bond motifs is 6. The first-order valence-electron chi connectivity index (χ1n) is 14.5. The van der Waals surface area contributed by atoms with Crippen LogP contribution in [0.25, 0.3) is 0 Å². The Labute approximate surface area is 230 Å². The van der Waals surface area contributed by atoms with Crippen molar-refractivity contribution in [2.24, 2.45) is 0 Å². The molecule has 0 N–H and O–H groups in total. The van der Waals surface area contributed by atoms with Gasteiger partial charge in [-0.1, -0.05) is 54.6 Å². The highest BCUT2D eigenvalue weighted by Gasteiger charge is 2.44. The van der Waals surface area contributed by atoms with E-state index in [4.69, 9.17) is 0 Å². The zero-order chi connectivity index (χ0) is 25.5. The normalized spacial score (nSPS) is 15.9. The lowest BCUT2D eigenvalue weighted by molar-refractivity contribution is 0.912. The predicted molar refractivity (Wildman–Crippen MR) is 165 cm³/mol. The van der Waals surface area contributed by atoms with Crippen LogP contribution in [-0.2, 0) is 25.7 Å². The van der Waals surface area contributed by atoms with Gasteiger partial charge >= 0.3 is 0 Å². The Morgan fingerprint density at radius 2 is 0.872 bits per heavy atom. The number of hydrogen-bond donors (Lipinski definition) is 0. The van der Waals surface area contributed by atoms with Crippen molar-refractivity contribution >= 4 is 57.2 Å². The molecule has 0 unspecified atom stereocenters. The van der Waals surface area contributed by atoms with Crippen LogP contribution in [0.1, 0.15) is 35.1 Å². The standard InChI is InChI=1S/C36H29BN2/c1-3-14-28(15-4-1)38-32-18-9-19-33-36(32)37(30-20-24-10-7-12-26(24)22-34(30)38)31-21-25-11-8-13-27(25)23-35(31)39(33)29-16-5-2-6-17-29/h1-6,9,14-23H,7-8,10-13H2. The van der Waals surface area contributed by atoms with Gasteiger partial charge in [0.15, 0.2) is 0 Å². The lowest BCUT2D eigenvalue weighted by atomic mass is 9.33. The van der Waals surface area contributed by atoms with Crippen molar-refractivity contribution in [3.63, 3.8) is 0 Å². The molecule has 0 amide bonds. The highest BCUT2D eigenvalue weighted by Crippen LogP contribution is 2.45. The van der Waals surface area contributed by atoms with E-state index in [0.29, 0.717) is 0 Å².